The van der Waals surface area contributed by atoms with E-state index < -0.39 is 6.10 Å². The average molecular weight is 301 g/mol. The van der Waals surface area contributed by atoms with Crippen LogP contribution in [0.1, 0.15) is 0 Å². The van der Waals surface area contributed by atoms with Crippen molar-refractivity contribution in [2.45, 2.75) is 12.2 Å². The molecule has 1 saturated heterocycles. The number of hydrogen-bond acceptors (Lipinski definition) is 7. The van der Waals surface area contributed by atoms with Gasteiger partial charge in [0, 0.05) is 26.0 Å². The van der Waals surface area contributed by atoms with Crippen molar-refractivity contribution in [1.29, 1.82) is 0 Å². The average Bonchev–Trinajstić information content (AvgIpc) is 3.20. The van der Waals surface area contributed by atoms with Crippen molar-refractivity contribution in [2.75, 3.05) is 18.0 Å². The second-order valence-electron chi connectivity index (χ2n) is 5.29. The van der Waals surface area contributed by atoms with Gasteiger partial charge in [0.05, 0.1) is 18.9 Å². The molecule has 2 atom stereocenters. The largest absolute Gasteiger partial charge is 0.482 e. The van der Waals surface area contributed by atoms with Gasteiger partial charge in [-0.25, -0.2) is 4.98 Å². The molecular formula is C13H15N7O2. The lowest BCUT2D eigenvalue weighted by atomic mass is 10.3. The van der Waals surface area contributed by atoms with Crippen molar-refractivity contribution < 1.29 is 9.84 Å². The predicted octanol–water partition coefficient (Wildman–Crippen LogP) is -0.514. The summed E-state index contributed by atoms with van der Waals surface area (Å²) >= 11 is 0. The molecule has 0 aliphatic carbocycles. The summed E-state index contributed by atoms with van der Waals surface area (Å²) in [7, 11) is 1.82. The lowest BCUT2D eigenvalue weighted by molar-refractivity contribution is 0.0737. The van der Waals surface area contributed by atoms with E-state index in [1.807, 2.05) is 11.9 Å². The Balaban J connectivity index is 1.56. The van der Waals surface area contributed by atoms with E-state index in [1.54, 1.807) is 40.2 Å². The molecule has 1 aliphatic rings. The van der Waals surface area contributed by atoms with Crippen LogP contribution in [0.5, 0.6) is 5.75 Å². The first-order valence-electron chi connectivity index (χ1n) is 6.93. The molecule has 9 nitrogen and oxygen atoms in total. The number of β-amino-alcohol motifs (C(OH)–C–C–N with tert-alkyl or cyclic N) is 1. The van der Waals surface area contributed by atoms with E-state index in [0.717, 1.165) is 0 Å². The molecule has 9 heteroatoms. The molecule has 0 unspecified atom stereocenters. The van der Waals surface area contributed by atoms with E-state index in [2.05, 4.69) is 20.3 Å². The Hall–Kier alpha value is -2.68. The Morgan fingerprint density at radius 1 is 1.36 bits per heavy atom. The van der Waals surface area contributed by atoms with Crippen LogP contribution in [0.2, 0.25) is 0 Å². The minimum atomic E-state index is -0.606. The van der Waals surface area contributed by atoms with E-state index in [-0.39, 0.29) is 6.10 Å². The first-order valence-corrected chi connectivity index (χ1v) is 6.93. The second-order valence-corrected chi connectivity index (χ2v) is 5.29. The van der Waals surface area contributed by atoms with Gasteiger partial charge in [0.2, 0.25) is 5.65 Å². The van der Waals surface area contributed by atoms with Crippen molar-refractivity contribution >= 4 is 11.5 Å². The summed E-state index contributed by atoms with van der Waals surface area (Å²) in [6.45, 7) is 0.958. The number of aromatic nitrogens is 6. The smallest absolute Gasteiger partial charge is 0.203 e. The van der Waals surface area contributed by atoms with Gasteiger partial charge in [-0.15, -0.1) is 10.2 Å². The first kappa shape index (κ1) is 13.0. The lowest BCUT2D eigenvalue weighted by Gasteiger charge is -2.17. The maximum atomic E-state index is 10.2. The molecule has 22 heavy (non-hydrogen) atoms. The molecule has 3 aromatic heterocycles. The number of aryl methyl sites for hydroxylation is 1. The summed E-state index contributed by atoms with van der Waals surface area (Å²) in [5.41, 5.74) is 0.664. The van der Waals surface area contributed by atoms with Gasteiger partial charge >= 0.3 is 0 Å². The molecule has 4 rings (SSSR count). The quantitative estimate of drug-likeness (QED) is 0.696. The lowest BCUT2D eigenvalue weighted by Crippen LogP contribution is -2.29. The highest BCUT2D eigenvalue weighted by atomic mass is 16.5. The maximum absolute atomic E-state index is 10.2. The van der Waals surface area contributed by atoms with Gasteiger partial charge in [0.1, 0.15) is 18.5 Å². The number of aliphatic hydroxyl groups is 1. The third-order valence-electron chi connectivity index (χ3n) is 3.70. The van der Waals surface area contributed by atoms with Crippen LogP contribution < -0.4 is 9.64 Å². The summed E-state index contributed by atoms with van der Waals surface area (Å²) in [5.74, 6) is 1.33. The fourth-order valence-electron chi connectivity index (χ4n) is 2.65. The Labute approximate surface area is 125 Å². The molecule has 0 saturated carbocycles. The van der Waals surface area contributed by atoms with Gasteiger partial charge in [0.25, 0.3) is 0 Å². The monoisotopic (exact) mass is 301 g/mol. The van der Waals surface area contributed by atoms with Gasteiger partial charge in [-0.05, 0) is 0 Å². The number of fused-ring (bicyclic) bond motifs is 1. The zero-order valence-electron chi connectivity index (χ0n) is 11.9. The number of nitrogens with zero attached hydrogens (tertiary/aromatic N) is 7. The molecule has 3 aromatic rings. The third kappa shape index (κ3) is 2.15. The molecule has 0 spiro atoms. The van der Waals surface area contributed by atoms with Crippen LogP contribution >= 0.6 is 0 Å². The van der Waals surface area contributed by atoms with Crippen molar-refractivity contribution in [3.63, 3.8) is 0 Å². The van der Waals surface area contributed by atoms with E-state index in [1.165, 1.54) is 0 Å². The summed E-state index contributed by atoms with van der Waals surface area (Å²) in [6, 6.07) is 0. The Kier molecular flexibility index (Phi) is 2.93. The molecule has 0 aromatic carbocycles. The maximum Gasteiger partial charge on any atom is 0.203 e. The van der Waals surface area contributed by atoms with Crippen LogP contribution in [0.15, 0.2) is 31.1 Å². The Morgan fingerprint density at radius 2 is 2.27 bits per heavy atom. The zero-order chi connectivity index (χ0) is 15.1. The van der Waals surface area contributed by atoms with Crippen molar-refractivity contribution in [1.82, 2.24) is 29.4 Å². The zero-order valence-corrected chi connectivity index (χ0v) is 11.9. The van der Waals surface area contributed by atoms with Crippen LogP contribution in [-0.4, -0.2) is 59.8 Å². The van der Waals surface area contributed by atoms with Crippen LogP contribution in [0, 0.1) is 0 Å². The standard InChI is InChI=1S/C13H15N7O2/c1-18-5-9(4-16-18)22-11-7-20(6-10(11)21)12-13-17-15-8-19(13)3-2-14-12/h2-5,8,10-11,21H,6-7H2,1H3/t10-,11-/m1/s1. The minimum Gasteiger partial charge on any atom is -0.482 e. The molecule has 114 valence electrons. The molecule has 0 radical (unpaired) electrons. The van der Waals surface area contributed by atoms with E-state index >= 15 is 0 Å². The number of hydrogen-bond donors (Lipinski definition) is 1. The van der Waals surface area contributed by atoms with Crippen molar-refractivity contribution in [2.24, 2.45) is 7.05 Å². The number of rotatable bonds is 3. The molecule has 0 amide bonds. The normalized spacial score (nSPS) is 21.6. The van der Waals surface area contributed by atoms with Gasteiger partial charge in [-0.2, -0.15) is 5.10 Å². The fraction of sp³-hybridized carbons (Fsp3) is 0.385. The second kappa shape index (κ2) is 4.95. The minimum absolute atomic E-state index is 0.339. The van der Waals surface area contributed by atoms with E-state index in [4.69, 9.17) is 4.74 Å². The van der Waals surface area contributed by atoms with Crippen LogP contribution in [-0.2, 0) is 7.05 Å². The molecule has 4 heterocycles. The molecule has 0 bridgehead atoms. The third-order valence-corrected chi connectivity index (χ3v) is 3.70. The van der Waals surface area contributed by atoms with Gasteiger partial charge in [-0.3, -0.25) is 9.08 Å². The predicted molar refractivity (Wildman–Crippen MR) is 76.6 cm³/mol. The van der Waals surface area contributed by atoms with Gasteiger partial charge in [-0.1, -0.05) is 0 Å². The summed E-state index contributed by atoms with van der Waals surface area (Å²) < 4.78 is 9.26. The molecular weight excluding hydrogens is 286 g/mol. The number of anilines is 1. The van der Waals surface area contributed by atoms with Crippen LogP contribution in [0.4, 0.5) is 5.82 Å². The number of aliphatic hydroxyl groups excluding tert-OH is 1. The van der Waals surface area contributed by atoms with Crippen LogP contribution in [0.25, 0.3) is 5.65 Å². The SMILES string of the molecule is Cn1cc(O[C@@H]2CN(c3nccn4cnnc34)C[C@H]2O)cn1. The molecule has 1 fully saturated rings. The highest BCUT2D eigenvalue weighted by Crippen LogP contribution is 2.24. The van der Waals surface area contributed by atoms with E-state index in [0.29, 0.717) is 30.3 Å². The molecule has 1 aliphatic heterocycles. The van der Waals surface area contributed by atoms with Gasteiger partial charge < -0.3 is 14.7 Å². The summed E-state index contributed by atoms with van der Waals surface area (Å²) in [5, 5.41) is 22.3. The summed E-state index contributed by atoms with van der Waals surface area (Å²) in [6.07, 6.45) is 7.55. The van der Waals surface area contributed by atoms with E-state index in [9.17, 15) is 5.11 Å². The first-order chi connectivity index (χ1) is 10.7. The van der Waals surface area contributed by atoms with Gasteiger partial charge in [0.15, 0.2) is 11.6 Å². The fourth-order valence-corrected chi connectivity index (χ4v) is 2.65. The Morgan fingerprint density at radius 3 is 3.09 bits per heavy atom. The topological polar surface area (TPSA) is 93.6 Å². The van der Waals surface area contributed by atoms with Crippen LogP contribution in [0.3, 0.4) is 0 Å². The Bertz CT molecular complexity index is 798. The highest BCUT2D eigenvalue weighted by Gasteiger charge is 2.35. The summed E-state index contributed by atoms with van der Waals surface area (Å²) in [4.78, 5) is 6.31. The highest BCUT2D eigenvalue weighted by molar-refractivity contribution is 5.64. The van der Waals surface area contributed by atoms with Crippen molar-refractivity contribution in [3.05, 3.63) is 31.1 Å². The van der Waals surface area contributed by atoms with Crippen molar-refractivity contribution in [3.8, 4) is 5.75 Å². The number of ether oxygens (including phenoxy) is 1. The molecule has 1 N–H and O–H groups in total.